The molecule has 0 saturated heterocycles. The second kappa shape index (κ2) is 4.37. The molecular formula is C9H19NO. The molecule has 1 aliphatic carbocycles. The van der Waals surface area contributed by atoms with Crippen LogP contribution in [0.15, 0.2) is 0 Å². The highest BCUT2D eigenvalue weighted by Crippen LogP contribution is 2.47. The molecule has 66 valence electrons. The summed E-state index contributed by atoms with van der Waals surface area (Å²) in [5.41, 5.74) is 0.418. The van der Waals surface area contributed by atoms with Crippen LogP contribution in [0.25, 0.3) is 0 Å². The molecule has 1 N–H and O–H groups in total. The molecule has 1 amide bonds. The fourth-order valence-electron chi connectivity index (χ4n) is 0.933. The standard InChI is InChI=1S/C7H13NO.C2H6/c1-6(8-5-9)7(2)3-4-7;1-2/h5-6H,3-4H2,1-2H3,(H,8,9);1-2H3. The van der Waals surface area contributed by atoms with Gasteiger partial charge in [0.1, 0.15) is 0 Å². The summed E-state index contributed by atoms with van der Waals surface area (Å²) in [7, 11) is 0. The molecule has 1 fully saturated rings. The van der Waals surface area contributed by atoms with Gasteiger partial charge < -0.3 is 5.32 Å². The van der Waals surface area contributed by atoms with Gasteiger partial charge in [0, 0.05) is 6.04 Å². The summed E-state index contributed by atoms with van der Waals surface area (Å²) in [6.07, 6.45) is 3.30. The van der Waals surface area contributed by atoms with E-state index in [0.29, 0.717) is 11.5 Å². The fraction of sp³-hybridized carbons (Fsp3) is 0.889. The van der Waals surface area contributed by atoms with Crippen molar-refractivity contribution in [3.8, 4) is 0 Å². The van der Waals surface area contributed by atoms with Crippen molar-refractivity contribution in [1.82, 2.24) is 5.32 Å². The predicted octanol–water partition coefficient (Wildman–Crippen LogP) is 1.95. The highest BCUT2D eigenvalue weighted by atomic mass is 16.1. The van der Waals surface area contributed by atoms with Crippen molar-refractivity contribution < 1.29 is 4.79 Å². The van der Waals surface area contributed by atoms with Gasteiger partial charge in [-0.25, -0.2) is 0 Å². The Morgan fingerprint density at radius 3 is 2.18 bits per heavy atom. The molecule has 1 atom stereocenters. The lowest BCUT2D eigenvalue weighted by atomic mass is 10.0. The van der Waals surface area contributed by atoms with Crippen LogP contribution in [0.5, 0.6) is 0 Å². The minimum absolute atomic E-state index is 0.356. The number of carbonyl (C=O) groups is 1. The first-order chi connectivity index (χ1) is 5.19. The number of rotatable bonds is 3. The maximum absolute atomic E-state index is 9.98. The van der Waals surface area contributed by atoms with Crippen molar-refractivity contribution in [2.24, 2.45) is 5.41 Å². The van der Waals surface area contributed by atoms with Crippen molar-refractivity contribution in [3.63, 3.8) is 0 Å². The molecule has 11 heavy (non-hydrogen) atoms. The lowest BCUT2D eigenvalue weighted by Crippen LogP contribution is -2.31. The third-order valence-electron chi connectivity index (χ3n) is 2.40. The lowest BCUT2D eigenvalue weighted by molar-refractivity contribution is -0.110. The van der Waals surface area contributed by atoms with Gasteiger partial charge in [-0.3, -0.25) is 4.79 Å². The van der Waals surface area contributed by atoms with E-state index in [1.54, 1.807) is 0 Å². The Morgan fingerprint density at radius 2 is 1.91 bits per heavy atom. The monoisotopic (exact) mass is 157 g/mol. The lowest BCUT2D eigenvalue weighted by Gasteiger charge is -2.16. The highest BCUT2D eigenvalue weighted by molar-refractivity contribution is 5.47. The molecule has 2 heteroatoms. The SMILES string of the molecule is CC.CC(NC=O)C1(C)CC1. The molecule has 0 heterocycles. The molecule has 0 spiro atoms. The summed E-state index contributed by atoms with van der Waals surface area (Å²) in [4.78, 5) is 9.98. The van der Waals surface area contributed by atoms with E-state index in [1.807, 2.05) is 13.8 Å². The van der Waals surface area contributed by atoms with Crippen LogP contribution in [0, 0.1) is 5.41 Å². The number of amides is 1. The Bertz CT molecular complexity index is 119. The average Bonchev–Trinajstić information content (AvgIpc) is 2.74. The topological polar surface area (TPSA) is 29.1 Å². The van der Waals surface area contributed by atoms with Gasteiger partial charge in [-0.05, 0) is 25.2 Å². The first kappa shape index (κ1) is 10.5. The molecule has 1 saturated carbocycles. The number of hydrogen-bond donors (Lipinski definition) is 1. The quantitative estimate of drug-likeness (QED) is 0.623. The second-order valence-electron chi connectivity index (χ2n) is 3.16. The normalized spacial score (nSPS) is 20.7. The summed E-state index contributed by atoms with van der Waals surface area (Å²) in [5, 5.41) is 2.77. The molecule has 0 radical (unpaired) electrons. The molecule has 1 aliphatic rings. The third kappa shape index (κ3) is 2.91. The minimum Gasteiger partial charge on any atom is -0.356 e. The van der Waals surface area contributed by atoms with Crippen LogP contribution in [0.3, 0.4) is 0 Å². The van der Waals surface area contributed by atoms with Crippen LogP contribution in [0.1, 0.15) is 40.5 Å². The number of hydrogen-bond acceptors (Lipinski definition) is 1. The molecule has 0 aromatic rings. The van der Waals surface area contributed by atoms with Gasteiger partial charge in [0.15, 0.2) is 0 Å². The van der Waals surface area contributed by atoms with E-state index in [0.717, 1.165) is 6.41 Å². The van der Waals surface area contributed by atoms with Gasteiger partial charge in [0.2, 0.25) is 6.41 Å². The van der Waals surface area contributed by atoms with E-state index >= 15 is 0 Å². The molecule has 0 aromatic carbocycles. The van der Waals surface area contributed by atoms with E-state index in [4.69, 9.17) is 0 Å². The third-order valence-corrected chi connectivity index (χ3v) is 2.40. The van der Waals surface area contributed by atoms with Crippen LogP contribution in [0.2, 0.25) is 0 Å². The maximum Gasteiger partial charge on any atom is 0.207 e. The Balaban J connectivity index is 0.000000461. The van der Waals surface area contributed by atoms with Gasteiger partial charge in [-0.15, -0.1) is 0 Å². The zero-order valence-corrected chi connectivity index (χ0v) is 7.98. The molecule has 1 unspecified atom stereocenters. The zero-order valence-electron chi connectivity index (χ0n) is 7.98. The van der Waals surface area contributed by atoms with Crippen LogP contribution in [-0.4, -0.2) is 12.5 Å². The van der Waals surface area contributed by atoms with Gasteiger partial charge >= 0.3 is 0 Å². The zero-order chi connectivity index (χ0) is 8.91. The second-order valence-corrected chi connectivity index (χ2v) is 3.16. The van der Waals surface area contributed by atoms with E-state index in [-0.39, 0.29) is 0 Å². The first-order valence-electron chi connectivity index (χ1n) is 4.39. The van der Waals surface area contributed by atoms with Crippen molar-refractivity contribution >= 4 is 6.41 Å². The van der Waals surface area contributed by atoms with E-state index in [2.05, 4.69) is 19.2 Å². The van der Waals surface area contributed by atoms with Crippen molar-refractivity contribution in [3.05, 3.63) is 0 Å². The van der Waals surface area contributed by atoms with Crippen LogP contribution in [-0.2, 0) is 4.79 Å². The largest absolute Gasteiger partial charge is 0.356 e. The van der Waals surface area contributed by atoms with Crippen molar-refractivity contribution in [2.75, 3.05) is 0 Å². The Kier molecular flexibility index (Phi) is 4.16. The summed E-state index contributed by atoms with van der Waals surface area (Å²) >= 11 is 0. The summed E-state index contributed by atoms with van der Waals surface area (Å²) in [5.74, 6) is 0. The first-order valence-corrected chi connectivity index (χ1v) is 4.39. The average molecular weight is 157 g/mol. The van der Waals surface area contributed by atoms with Crippen LogP contribution >= 0.6 is 0 Å². The summed E-state index contributed by atoms with van der Waals surface area (Å²) in [6.45, 7) is 8.26. The Morgan fingerprint density at radius 1 is 1.45 bits per heavy atom. The van der Waals surface area contributed by atoms with E-state index in [1.165, 1.54) is 12.8 Å². The number of carbonyl (C=O) groups excluding carboxylic acids is 1. The van der Waals surface area contributed by atoms with Gasteiger partial charge in [-0.1, -0.05) is 20.8 Å². The van der Waals surface area contributed by atoms with Gasteiger partial charge in [0.25, 0.3) is 0 Å². The van der Waals surface area contributed by atoms with Crippen molar-refractivity contribution in [1.29, 1.82) is 0 Å². The highest BCUT2D eigenvalue weighted by Gasteiger charge is 2.42. The summed E-state index contributed by atoms with van der Waals surface area (Å²) < 4.78 is 0. The Labute approximate surface area is 69.4 Å². The maximum atomic E-state index is 9.98. The van der Waals surface area contributed by atoms with Crippen molar-refractivity contribution in [2.45, 2.75) is 46.6 Å². The van der Waals surface area contributed by atoms with E-state index in [9.17, 15) is 4.79 Å². The van der Waals surface area contributed by atoms with Gasteiger partial charge in [0.05, 0.1) is 0 Å². The molecule has 1 rings (SSSR count). The predicted molar refractivity (Wildman–Crippen MR) is 47.4 cm³/mol. The fourth-order valence-corrected chi connectivity index (χ4v) is 0.933. The minimum atomic E-state index is 0.356. The number of nitrogens with one attached hydrogen (secondary N) is 1. The molecule has 2 nitrogen and oxygen atoms in total. The molecule has 0 bridgehead atoms. The summed E-state index contributed by atoms with van der Waals surface area (Å²) in [6, 6.07) is 0.356. The smallest absolute Gasteiger partial charge is 0.207 e. The van der Waals surface area contributed by atoms with Crippen LogP contribution < -0.4 is 5.32 Å². The van der Waals surface area contributed by atoms with Crippen LogP contribution in [0.4, 0.5) is 0 Å². The van der Waals surface area contributed by atoms with Gasteiger partial charge in [-0.2, -0.15) is 0 Å². The molecule has 0 aromatic heterocycles. The Hall–Kier alpha value is -0.530. The molecule has 0 aliphatic heterocycles. The molecular weight excluding hydrogens is 138 g/mol. The van der Waals surface area contributed by atoms with E-state index < -0.39 is 0 Å².